The van der Waals surface area contributed by atoms with Gasteiger partial charge in [0.1, 0.15) is 0 Å². The molecule has 3 heteroatoms. The molecule has 0 unspecified atom stereocenters. The summed E-state index contributed by atoms with van der Waals surface area (Å²) >= 11 is 0. The van der Waals surface area contributed by atoms with E-state index in [2.05, 4.69) is 32.7 Å². The van der Waals surface area contributed by atoms with Gasteiger partial charge in [-0.15, -0.1) is 0 Å². The largest absolute Gasteiger partial charge is 0.270 e. The molecule has 1 saturated carbocycles. The standard InChI is InChI=1S/C11H16N3/c1-2-5-10(6-3-1)14-9-13-8-4-7-11(13)12-14/h4,7-8,10H,1-3,5-6,9H2/q+1. The third kappa shape index (κ3) is 1.27. The molecule has 2 aliphatic rings. The van der Waals surface area contributed by atoms with Gasteiger partial charge in [0.15, 0.2) is 6.04 Å². The van der Waals surface area contributed by atoms with Gasteiger partial charge in [0.05, 0.1) is 0 Å². The molecule has 0 amide bonds. The molecule has 0 bridgehead atoms. The number of hydrogen-bond acceptors (Lipinski definition) is 1. The third-order valence-corrected chi connectivity index (χ3v) is 3.33. The summed E-state index contributed by atoms with van der Waals surface area (Å²) in [5.41, 5.74) is 0. The highest BCUT2D eigenvalue weighted by molar-refractivity contribution is 5.28. The lowest BCUT2D eigenvalue weighted by molar-refractivity contribution is -0.645. The molecule has 0 aromatic carbocycles. The topological polar surface area (TPSA) is 20.3 Å². The maximum Gasteiger partial charge on any atom is 0.249 e. The summed E-state index contributed by atoms with van der Waals surface area (Å²) < 4.78 is 4.49. The number of fused-ring (bicyclic) bond motifs is 1. The van der Waals surface area contributed by atoms with Crippen LogP contribution in [0, 0.1) is 0 Å². The van der Waals surface area contributed by atoms with E-state index in [0.717, 1.165) is 12.5 Å². The van der Waals surface area contributed by atoms with Gasteiger partial charge in [0.25, 0.3) is 0 Å². The second kappa shape index (κ2) is 3.23. The smallest absolute Gasteiger partial charge is 0.249 e. The predicted molar refractivity (Wildman–Crippen MR) is 53.7 cm³/mol. The van der Waals surface area contributed by atoms with E-state index < -0.39 is 0 Å². The van der Waals surface area contributed by atoms with Gasteiger partial charge in [-0.2, -0.15) is 0 Å². The van der Waals surface area contributed by atoms with Gasteiger partial charge in [-0.25, -0.2) is 0 Å². The first-order chi connectivity index (χ1) is 6.93. The SMILES string of the molecule is c1cc2n(c1)C[N+](C1CCCCC1)=N2. The molecule has 1 aromatic rings. The predicted octanol–water partition coefficient (Wildman–Crippen LogP) is 2.89. The van der Waals surface area contributed by atoms with Crippen molar-refractivity contribution in [1.82, 2.24) is 4.57 Å². The van der Waals surface area contributed by atoms with Crippen molar-refractivity contribution in [2.24, 2.45) is 5.11 Å². The van der Waals surface area contributed by atoms with Crippen LogP contribution in [-0.2, 0) is 6.67 Å². The molecule has 3 rings (SSSR count). The Kier molecular flexibility index (Phi) is 1.89. The molecular formula is C11H16N3+. The summed E-state index contributed by atoms with van der Waals surface area (Å²) in [5, 5.41) is 4.63. The zero-order valence-corrected chi connectivity index (χ0v) is 8.39. The van der Waals surface area contributed by atoms with E-state index in [-0.39, 0.29) is 0 Å². The lowest BCUT2D eigenvalue weighted by atomic mass is 9.95. The average molecular weight is 190 g/mol. The van der Waals surface area contributed by atoms with Crippen LogP contribution in [0.25, 0.3) is 0 Å². The molecule has 0 spiro atoms. The quantitative estimate of drug-likeness (QED) is 0.607. The molecule has 14 heavy (non-hydrogen) atoms. The van der Waals surface area contributed by atoms with Crippen LogP contribution in [0.2, 0.25) is 0 Å². The highest BCUT2D eigenvalue weighted by Gasteiger charge is 2.29. The molecule has 0 saturated heterocycles. The van der Waals surface area contributed by atoms with Crippen molar-refractivity contribution in [1.29, 1.82) is 0 Å². The molecule has 3 nitrogen and oxygen atoms in total. The lowest BCUT2D eigenvalue weighted by Crippen LogP contribution is -2.26. The average Bonchev–Trinajstić information content (AvgIpc) is 2.78. The fraction of sp³-hybridized carbons (Fsp3) is 0.636. The van der Waals surface area contributed by atoms with Crippen molar-refractivity contribution >= 4 is 5.82 Å². The van der Waals surface area contributed by atoms with Crippen LogP contribution in [0.15, 0.2) is 23.4 Å². The maximum absolute atomic E-state index is 4.63. The number of hydrogen-bond donors (Lipinski definition) is 0. The summed E-state index contributed by atoms with van der Waals surface area (Å²) in [4.78, 5) is 0. The molecule has 74 valence electrons. The number of nitrogens with zero attached hydrogens (tertiary/aromatic N) is 3. The molecule has 1 aliphatic carbocycles. The first-order valence-electron chi connectivity index (χ1n) is 5.57. The molecule has 0 radical (unpaired) electrons. The molecule has 2 heterocycles. The van der Waals surface area contributed by atoms with E-state index in [1.54, 1.807) is 0 Å². The minimum absolute atomic E-state index is 0.698. The van der Waals surface area contributed by atoms with Gasteiger partial charge >= 0.3 is 0 Å². The van der Waals surface area contributed by atoms with Crippen LogP contribution in [0.4, 0.5) is 5.82 Å². The zero-order valence-electron chi connectivity index (χ0n) is 8.39. The minimum Gasteiger partial charge on any atom is -0.270 e. The van der Waals surface area contributed by atoms with Crippen LogP contribution in [-0.4, -0.2) is 15.3 Å². The van der Waals surface area contributed by atoms with E-state index in [1.807, 2.05) is 0 Å². The monoisotopic (exact) mass is 190 g/mol. The van der Waals surface area contributed by atoms with Crippen LogP contribution in [0.3, 0.4) is 0 Å². The fourth-order valence-corrected chi connectivity index (χ4v) is 2.51. The highest BCUT2D eigenvalue weighted by atomic mass is 15.4. The first-order valence-corrected chi connectivity index (χ1v) is 5.57. The summed E-state index contributed by atoms with van der Waals surface area (Å²) in [7, 11) is 0. The van der Waals surface area contributed by atoms with Crippen LogP contribution >= 0.6 is 0 Å². The summed E-state index contributed by atoms with van der Waals surface area (Å²) in [6.45, 7) is 0.965. The Morgan fingerprint density at radius 3 is 2.93 bits per heavy atom. The van der Waals surface area contributed by atoms with Gasteiger partial charge < -0.3 is 0 Å². The Bertz CT molecular complexity index is 358. The maximum atomic E-state index is 4.63. The van der Waals surface area contributed by atoms with Crippen LogP contribution in [0.5, 0.6) is 0 Å². The van der Waals surface area contributed by atoms with Crippen LogP contribution in [0.1, 0.15) is 32.1 Å². The van der Waals surface area contributed by atoms with Gasteiger partial charge in [-0.1, -0.05) is 11.1 Å². The molecule has 1 fully saturated rings. The third-order valence-electron chi connectivity index (χ3n) is 3.33. The minimum atomic E-state index is 0.698. The van der Waals surface area contributed by atoms with Crippen molar-refractivity contribution in [3.05, 3.63) is 18.3 Å². The number of azo groups is 2. The molecule has 0 atom stereocenters. The van der Waals surface area contributed by atoms with E-state index in [1.165, 1.54) is 32.1 Å². The molecule has 1 aliphatic heterocycles. The molecular weight excluding hydrogens is 174 g/mol. The van der Waals surface area contributed by atoms with Crippen molar-refractivity contribution in [2.75, 3.05) is 0 Å². The van der Waals surface area contributed by atoms with Crippen molar-refractivity contribution in [3.8, 4) is 0 Å². The fourth-order valence-electron chi connectivity index (χ4n) is 2.51. The Morgan fingerprint density at radius 1 is 1.29 bits per heavy atom. The van der Waals surface area contributed by atoms with Crippen molar-refractivity contribution in [3.63, 3.8) is 0 Å². The van der Waals surface area contributed by atoms with Gasteiger partial charge in [0, 0.05) is 24.2 Å². The Morgan fingerprint density at radius 2 is 2.14 bits per heavy atom. The van der Waals surface area contributed by atoms with E-state index in [4.69, 9.17) is 0 Å². The van der Waals surface area contributed by atoms with Gasteiger partial charge in [0.2, 0.25) is 12.5 Å². The number of rotatable bonds is 1. The van der Waals surface area contributed by atoms with Gasteiger partial charge in [-0.3, -0.25) is 4.57 Å². The Labute approximate surface area is 84.1 Å². The summed E-state index contributed by atoms with van der Waals surface area (Å²) in [6, 6.07) is 4.85. The second-order valence-corrected chi connectivity index (χ2v) is 4.31. The summed E-state index contributed by atoms with van der Waals surface area (Å²) in [6.07, 6.45) is 8.94. The first kappa shape index (κ1) is 8.21. The van der Waals surface area contributed by atoms with Crippen LogP contribution < -0.4 is 0 Å². The summed E-state index contributed by atoms with van der Waals surface area (Å²) in [5.74, 6) is 1.12. The zero-order chi connectivity index (χ0) is 9.38. The van der Waals surface area contributed by atoms with Gasteiger partial charge in [-0.05, 0) is 25.0 Å². The molecule has 1 aromatic heterocycles. The Hall–Kier alpha value is -1.12. The Balaban J connectivity index is 1.78. The van der Waals surface area contributed by atoms with E-state index in [0.29, 0.717) is 6.04 Å². The molecule has 0 N–H and O–H groups in total. The van der Waals surface area contributed by atoms with Crippen molar-refractivity contribution < 1.29 is 4.70 Å². The number of aromatic nitrogens is 1. The van der Waals surface area contributed by atoms with Crippen molar-refractivity contribution in [2.45, 2.75) is 44.8 Å². The lowest BCUT2D eigenvalue weighted by Gasteiger charge is -2.15. The second-order valence-electron chi connectivity index (χ2n) is 4.31. The van der Waals surface area contributed by atoms with E-state index in [9.17, 15) is 0 Å². The normalized spacial score (nSPS) is 22.1. The van der Waals surface area contributed by atoms with E-state index >= 15 is 0 Å². The highest BCUT2D eigenvalue weighted by Crippen LogP contribution is 2.27.